The number of carbonyl (C=O) groups excluding carboxylic acids is 1. The Morgan fingerprint density at radius 3 is 2.52 bits per heavy atom. The van der Waals surface area contributed by atoms with Gasteiger partial charge in [0.05, 0.1) is 12.7 Å². The first-order valence-electron chi connectivity index (χ1n) is 8.26. The number of amides is 2. The lowest BCUT2D eigenvalue weighted by Crippen LogP contribution is -2.37. The molecule has 23 heavy (non-hydrogen) atoms. The summed E-state index contributed by atoms with van der Waals surface area (Å²) in [6.07, 6.45) is 1.78. The Bertz CT molecular complexity index is 504. The van der Waals surface area contributed by atoms with Crippen molar-refractivity contribution in [2.75, 3.05) is 25.1 Å². The molecule has 1 aromatic carbocycles. The Morgan fingerprint density at radius 1 is 1.30 bits per heavy atom. The third-order valence-electron chi connectivity index (χ3n) is 3.87. The second-order valence-corrected chi connectivity index (χ2v) is 7.30. The Labute approximate surface area is 138 Å². The number of benzene rings is 1. The molecule has 128 valence electrons. The van der Waals surface area contributed by atoms with Crippen molar-refractivity contribution in [3.8, 4) is 0 Å². The Balaban J connectivity index is 1.67. The summed E-state index contributed by atoms with van der Waals surface area (Å²) in [6.45, 7) is 7.59. The predicted molar refractivity (Wildman–Crippen MR) is 91.7 cm³/mol. The fourth-order valence-corrected chi connectivity index (χ4v) is 2.15. The van der Waals surface area contributed by atoms with Crippen molar-refractivity contribution >= 4 is 11.7 Å². The molecule has 0 bridgehead atoms. The zero-order valence-electron chi connectivity index (χ0n) is 14.3. The van der Waals surface area contributed by atoms with Crippen LogP contribution in [0.25, 0.3) is 0 Å². The van der Waals surface area contributed by atoms with Crippen LogP contribution in [-0.4, -0.2) is 37.0 Å². The van der Waals surface area contributed by atoms with Crippen LogP contribution in [0.4, 0.5) is 10.5 Å². The molecule has 0 aromatic heterocycles. The molecule has 0 aliphatic heterocycles. The van der Waals surface area contributed by atoms with Crippen molar-refractivity contribution in [2.45, 2.75) is 45.1 Å². The molecule has 2 amide bonds. The van der Waals surface area contributed by atoms with Gasteiger partial charge < -0.3 is 20.5 Å². The van der Waals surface area contributed by atoms with E-state index in [4.69, 9.17) is 4.74 Å². The molecule has 1 saturated carbocycles. The van der Waals surface area contributed by atoms with E-state index in [1.807, 2.05) is 24.3 Å². The van der Waals surface area contributed by atoms with Gasteiger partial charge in [0.25, 0.3) is 0 Å². The molecule has 1 atom stereocenters. The van der Waals surface area contributed by atoms with Crippen LogP contribution in [0.3, 0.4) is 0 Å². The van der Waals surface area contributed by atoms with Gasteiger partial charge in [0.2, 0.25) is 0 Å². The second kappa shape index (κ2) is 7.79. The average molecular weight is 320 g/mol. The van der Waals surface area contributed by atoms with E-state index in [0.29, 0.717) is 12.5 Å². The van der Waals surface area contributed by atoms with Gasteiger partial charge in [0.1, 0.15) is 0 Å². The third kappa shape index (κ3) is 6.59. The van der Waals surface area contributed by atoms with Gasteiger partial charge in [0.15, 0.2) is 0 Å². The lowest BCUT2D eigenvalue weighted by atomic mass is 9.87. The van der Waals surface area contributed by atoms with Crippen molar-refractivity contribution in [3.05, 3.63) is 29.8 Å². The van der Waals surface area contributed by atoms with Crippen LogP contribution in [0.5, 0.6) is 0 Å². The van der Waals surface area contributed by atoms with Crippen molar-refractivity contribution in [1.29, 1.82) is 0 Å². The summed E-state index contributed by atoms with van der Waals surface area (Å²) >= 11 is 0. The first-order valence-corrected chi connectivity index (χ1v) is 8.26. The predicted octanol–water partition coefficient (Wildman–Crippen LogP) is 2.89. The molecule has 1 aromatic rings. The number of ether oxygens (including phenoxy) is 1. The van der Waals surface area contributed by atoms with Crippen molar-refractivity contribution < 1.29 is 14.6 Å². The van der Waals surface area contributed by atoms with E-state index in [0.717, 1.165) is 5.69 Å². The molecule has 1 aliphatic rings. The van der Waals surface area contributed by atoms with Gasteiger partial charge in [-0.25, -0.2) is 4.79 Å². The number of hydrogen-bond acceptors (Lipinski definition) is 3. The van der Waals surface area contributed by atoms with Crippen LogP contribution in [0.2, 0.25) is 0 Å². The smallest absolute Gasteiger partial charge is 0.319 e. The van der Waals surface area contributed by atoms with Crippen molar-refractivity contribution in [2.24, 2.45) is 5.92 Å². The first kappa shape index (κ1) is 17.8. The van der Waals surface area contributed by atoms with E-state index in [1.54, 1.807) is 0 Å². The summed E-state index contributed by atoms with van der Waals surface area (Å²) in [6, 6.07) is 7.46. The van der Waals surface area contributed by atoms with Gasteiger partial charge in [-0.2, -0.15) is 0 Å². The molecule has 1 fully saturated rings. The van der Waals surface area contributed by atoms with E-state index >= 15 is 0 Å². The maximum Gasteiger partial charge on any atom is 0.319 e. The van der Waals surface area contributed by atoms with E-state index < -0.39 is 6.10 Å². The molecule has 0 spiro atoms. The maximum absolute atomic E-state index is 11.8. The first-order chi connectivity index (χ1) is 10.8. The number of aliphatic hydroxyl groups excluding tert-OH is 1. The minimum absolute atomic E-state index is 0.0887. The fourth-order valence-electron chi connectivity index (χ4n) is 2.15. The SMILES string of the molecule is CC(C)(C)c1ccc(NC(=O)NCC(O)COCC2CC2)cc1. The standard InChI is InChI=1S/C18H28N2O3/c1-18(2,3)14-6-8-15(9-7-14)20-17(22)19-10-16(21)12-23-11-13-4-5-13/h6-9,13,16,21H,4-5,10-12H2,1-3H3,(H2,19,20,22). The number of carbonyl (C=O) groups is 1. The second-order valence-electron chi connectivity index (χ2n) is 7.30. The summed E-state index contributed by atoms with van der Waals surface area (Å²) in [5.41, 5.74) is 2.03. The topological polar surface area (TPSA) is 70.6 Å². The number of nitrogens with one attached hydrogen (secondary N) is 2. The summed E-state index contributed by atoms with van der Waals surface area (Å²) in [4.78, 5) is 11.8. The molecule has 1 unspecified atom stereocenters. The Kier molecular flexibility index (Phi) is 6.02. The summed E-state index contributed by atoms with van der Waals surface area (Å²) < 4.78 is 5.39. The lowest BCUT2D eigenvalue weighted by Gasteiger charge is -2.19. The molecule has 3 N–H and O–H groups in total. The molecule has 5 nitrogen and oxygen atoms in total. The highest BCUT2D eigenvalue weighted by atomic mass is 16.5. The number of urea groups is 1. The molecule has 1 aliphatic carbocycles. The zero-order valence-corrected chi connectivity index (χ0v) is 14.3. The summed E-state index contributed by atoms with van der Waals surface area (Å²) in [5.74, 6) is 0.675. The van der Waals surface area contributed by atoms with E-state index in [1.165, 1.54) is 18.4 Å². The number of aliphatic hydroxyl groups is 1. The average Bonchev–Trinajstić information content (AvgIpc) is 3.29. The van der Waals surface area contributed by atoms with Gasteiger partial charge in [0, 0.05) is 18.8 Å². The van der Waals surface area contributed by atoms with Crippen LogP contribution in [-0.2, 0) is 10.2 Å². The lowest BCUT2D eigenvalue weighted by molar-refractivity contribution is 0.0339. The van der Waals surface area contributed by atoms with Gasteiger partial charge in [-0.3, -0.25) is 0 Å². The molecular formula is C18H28N2O3. The molecule has 0 heterocycles. The van der Waals surface area contributed by atoms with E-state index in [2.05, 4.69) is 31.4 Å². The van der Waals surface area contributed by atoms with E-state index in [-0.39, 0.29) is 24.6 Å². The third-order valence-corrected chi connectivity index (χ3v) is 3.87. The van der Waals surface area contributed by atoms with Crippen LogP contribution < -0.4 is 10.6 Å². The molecule has 0 radical (unpaired) electrons. The van der Waals surface area contributed by atoms with Crippen LogP contribution in [0, 0.1) is 5.92 Å². The van der Waals surface area contributed by atoms with Crippen LogP contribution in [0.1, 0.15) is 39.2 Å². The Morgan fingerprint density at radius 2 is 1.96 bits per heavy atom. The molecule has 2 rings (SSSR count). The summed E-state index contributed by atoms with van der Waals surface area (Å²) in [5, 5.41) is 15.2. The highest BCUT2D eigenvalue weighted by Crippen LogP contribution is 2.28. The molecular weight excluding hydrogens is 292 g/mol. The largest absolute Gasteiger partial charge is 0.389 e. The van der Waals surface area contributed by atoms with Crippen molar-refractivity contribution in [1.82, 2.24) is 5.32 Å². The van der Waals surface area contributed by atoms with Crippen LogP contribution >= 0.6 is 0 Å². The number of hydrogen-bond donors (Lipinski definition) is 3. The summed E-state index contributed by atoms with van der Waals surface area (Å²) in [7, 11) is 0. The van der Waals surface area contributed by atoms with Gasteiger partial charge in [-0.05, 0) is 41.9 Å². The molecule has 5 heteroatoms. The Hall–Kier alpha value is -1.59. The van der Waals surface area contributed by atoms with E-state index in [9.17, 15) is 9.90 Å². The highest BCUT2D eigenvalue weighted by molar-refractivity contribution is 5.89. The van der Waals surface area contributed by atoms with Crippen LogP contribution in [0.15, 0.2) is 24.3 Å². The minimum Gasteiger partial charge on any atom is -0.389 e. The normalized spacial score (nSPS) is 16.0. The maximum atomic E-state index is 11.8. The number of anilines is 1. The fraction of sp³-hybridized carbons (Fsp3) is 0.611. The molecule has 0 saturated heterocycles. The number of rotatable bonds is 7. The quantitative estimate of drug-likeness (QED) is 0.723. The van der Waals surface area contributed by atoms with Gasteiger partial charge >= 0.3 is 6.03 Å². The van der Waals surface area contributed by atoms with Gasteiger partial charge in [-0.1, -0.05) is 32.9 Å². The van der Waals surface area contributed by atoms with Gasteiger partial charge in [-0.15, -0.1) is 0 Å². The minimum atomic E-state index is -0.678. The monoisotopic (exact) mass is 320 g/mol. The van der Waals surface area contributed by atoms with Crippen molar-refractivity contribution in [3.63, 3.8) is 0 Å². The highest BCUT2D eigenvalue weighted by Gasteiger charge is 2.21. The zero-order chi connectivity index (χ0) is 16.9.